The minimum absolute atomic E-state index is 0.100. The Morgan fingerprint density at radius 1 is 1.39 bits per heavy atom. The first-order valence-electron chi connectivity index (χ1n) is 6.37. The first-order valence-corrected chi connectivity index (χ1v) is 7.31. The lowest BCUT2D eigenvalue weighted by Gasteiger charge is -2.40. The van der Waals surface area contributed by atoms with Crippen LogP contribution in [0.2, 0.25) is 0 Å². The molecule has 2 unspecified atom stereocenters. The molecule has 2 atom stereocenters. The number of hydrogen-bond donors (Lipinski definition) is 1. The highest BCUT2D eigenvalue weighted by molar-refractivity contribution is 7.07. The second-order valence-corrected chi connectivity index (χ2v) is 5.68. The predicted octanol–water partition coefficient (Wildman–Crippen LogP) is 1.30. The van der Waals surface area contributed by atoms with E-state index in [1.54, 1.807) is 18.3 Å². The average molecular weight is 267 g/mol. The Balaban J connectivity index is 2.04. The van der Waals surface area contributed by atoms with E-state index in [0.29, 0.717) is 0 Å². The highest BCUT2D eigenvalue weighted by atomic mass is 32.1. The molecule has 4 nitrogen and oxygen atoms in total. The van der Waals surface area contributed by atoms with Crippen molar-refractivity contribution < 1.29 is 4.79 Å². The summed E-state index contributed by atoms with van der Waals surface area (Å²) in [7, 11) is 0. The second-order valence-electron chi connectivity index (χ2n) is 4.90. The van der Waals surface area contributed by atoms with Gasteiger partial charge in [-0.2, -0.15) is 11.3 Å². The van der Waals surface area contributed by atoms with Crippen molar-refractivity contribution in [2.75, 3.05) is 26.2 Å². The van der Waals surface area contributed by atoms with Crippen LogP contribution in [0.4, 0.5) is 0 Å². The summed E-state index contributed by atoms with van der Waals surface area (Å²) in [5.74, 6) is 0.169. The molecule has 0 saturated carbocycles. The minimum atomic E-state index is 0.100. The fourth-order valence-electron chi connectivity index (χ4n) is 2.61. The highest BCUT2D eigenvalue weighted by Crippen LogP contribution is 2.26. The van der Waals surface area contributed by atoms with Gasteiger partial charge in [-0.3, -0.25) is 9.69 Å². The van der Waals surface area contributed by atoms with Gasteiger partial charge >= 0.3 is 0 Å². The van der Waals surface area contributed by atoms with Gasteiger partial charge in [0.2, 0.25) is 5.91 Å². The Hall–Kier alpha value is -0.910. The van der Waals surface area contributed by atoms with Crippen LogP contribution in [-0.4, -0.2) is 47.9 Å². The summed E-state index contributed by atoms with van der Waals surface area (Å²) >= 11 is 1.71. The van der Waals surface area contributed by atoms with Gasteiger partial charge in [-0.05, 0) is 29.3 Å². The molecule has 1 fully saturated rings. The second kappa shape index (κ2) is 5.82. The van der Waals surface area contributed by atoms with Crippen molar-refractivity contribution in [2.24, 2.45) is 5.73 Å². The summed E-state index contributed by atoms with van der Waals surface area (Å²) in [6, 6.07) is 2.52. The van der Waals surface area contributed by atoms with Gasteiger partial charge in [0.25, 0.3) is 0 Å². The fourth-order valence-corrected chi connectivity index (χ4v) is 3.29. The quantitative estimate of drug-likeness (QED) is 0.898. The Labute approximate surface area is 112 Å². The number of carbonyl (C=O) groups excluding carboxylic acids is 1. The fraction of sp³-hybridized carbons (Fsp3) is 0.615. The maximum absolute atomic E-state index is 11.3. The molecule has 0 aliphatic carbocycles. The molecule has 2 N–H and O–H groups in total. The molecule has 18 heavy (non-hydrogen) atoms. The molecule has 1 aromatic rings. The Bertz CT molecular complexity index is 383. The van der Waals surface area contributed by atoms with E-state index in [4.69, 9.17) is 5.73 Å². The number of thiophene rings is 1. The van der Waals surface area contributed by atoms with Gasteiger partial charge in [-0.15, -0.1) is 0 Å². The topological polar surface area (TPSA) is 49.6 Å². The van der Waals surface area contributed by atoms with E-state index < -0.39 is 0 Å². The van der Waals surface area contributed by atoms with Gasteiger partial charge in [0, 0.05) is 39.1 Å². The lowest BCUT2D eigenvalue weighted by atomic mass is 10.0. The van der Waals surface area contributed by atoms with Crippen molar-refractivity contribution in [3.8, 4) is 0 Å². The largest absolute Gasteiger partial charge is 0.340 e. The molecule has 2 rings (SSSR count). The Kier molecular flexibility index (Phi) is 4.37. The normalized spacial score (nSPS) is 20.7. The van der Waals surface area contributed by atoms with E-state index in [-0.39, 0.29) is 18.0 Å². The molecule has 1 amide bonds. The Morgan fingerprint density at radius 3 is 2.50 bits per heavy atom. The molecule has 5 heteroatoms. The molecular weight excluding hydrogens is 246 g/mol. The molecular formula is C13H21N3OS. The molecule has 0 aromatic carbocycles. The van der Waals surface area contributed by atoms with Gasteiger partial charge in [0.1, 0.15) is 0 Å². The predicted molar refractivity (Wildman–Crippen MR) is 74.5 cm³/mol. The van der Waals surface area contributed by atoms with Gasteiger partial charge in [0.05, 0.1) is 6.04 Å². The standard InChI is InChI=1S/C13H21N3OS/c1-10(14)13(12-3-8-18-9-12)16-6-4-15(5-7-16)11(2)17/h3,8-10,13H,4-7,14H2,1-2H3. The highest BCUT2D eigenvalue weighted by Gasteiger charge is 2.28. The van der Waals surface area contributed by atoms with Crippen LogP contribution in [-0.2, 0) is 4.79 Å². The summed E-state index contributed by atoms with van der Waals surface area (Å²) in [4.78, 5) is 15.6. The number of carbonyl (C=O) groups is 1. The molecule has 1 aliphatic rings. The molecule has 1 aliphatic heterocycles. The lowest BCUT2D eigenvalue weighted by molar-refractivity contribution is -0.130. The van der Waals surface area contributed by atoms with E-state index in [1.165, 1.54) is 5.56 Å². The van der Waals surface area contributed by atoms with E-state index in [0.717, 1.165) is 26.2 Å². The van der Waals surface area contributed by atoms with Crippen LogP contribution < -0.4 is 5.73 Å². The summed E-state index contributed by atoms with van der Waals surface area (Å²) in [6.45, 7) is 7.12. The third-order valence-electron chi connectivity index (χ3n) is 3.54. The maximum Gasteiger partial charge on any atom is 0.219 e. The summed E-state index contributed by atoms with van der Waals surface area (Å²) in [5, 5.41) is 4.27. The zero-order chi connectivity index (χ0) is 13.1. The van der Waals surface area contributed by atoms with Crippen molar-refractivity contribution in [1.82, 2.24) is 9.80 Å². The van der Waals surface area contributed by atoms with Gasteiger partial charge in [-0.1, -0.05) is 0 Å². The Morgan fingerprint density at radius 2 is 2.06 bits per heavy atom. The number of rotatable bonds is 3. The molecule has 1 aromatic heterocycles. The van der Waals surface area contributed by atoms with E-state index >= 15 is 0 Å². The third kappa shape index (κ3) is 2.91. The van der Waals surface area contributed by atoms with Crippen LogP contribution in [0.25, 0.3) is 0 Å². The third-order valence-corrected chi connectivity index (χ3v) is 4.24. The van der Waals surface area contributed by atoms with Crippen LogP contribution in [0.15, 0.2) is 16.8 Å². The number of nitrogens with two attached hydrogens (primary N) is 1. The SMILES string of the molecule is CC(=O)N1CCN(C(c2ccsc2)C(C)N)CC1. The molecule has 1 saturated heterocycles. The maximum atomic E-state index is 11.3. The molecule has 0 radical (unpaired) electrons. The van der Waals surface area contributed by atoms with Crippen molar-refractivity contribution in [3.05, 3.63) is 22.4 Å². The van der Waals surface area contributed by atoms with Crippen LogP contribution in [0.5, 0.6) is 0 Å². The minimum Gasteiger partial charge on any atom is -0.340 e. The van der Waals surface area contributed by atoms with E-state index in [2.05, 4.69) is 28.7 Å². The summed E-state index contributed by atoms with van der Waals surface area (Å²) < 4.78 is 0. The zero-order valence-corrected chi connectivity index (χ0v) is 11.8. The van der Waals surface area contributed by atoms with Crippen molar-refractivity contribution >= 4 is 17.2 Å². The van der Waals surface area contributed by atoms with E-state index in [1.807, 2.05) is 4.90 Å². The lowest BCUT2D eigenvalue weighted by Crippen LogP contribution is -2.51. The first kappa shape index (κ1) is 13.5. The van der Waals surface area contributed by atoms with Crippen LogP contribution >= 0.6 is 11.3 Å². The molecule has 100 valence electrons. The van der Waals surface area contributed by atoms with E-state index in [9.17, 15) is 4.79 Å². The monoisotopic (exact) mass is 267 g/mol. The van der Waals surface area contributed by atoms with Crippen molar-refractivity contribution in [1.29, 1.82) is 0 Å². The van der Waals surface area contributed by atoms with Crippen LogP contribution in [0.3, 0.4) is 0 Å². The average Bonchev–Trinajstić information content (AvgIpc) is 2.83. The summed E-state index contributed by atoms with van der Waals surface area (Å²) in [6.07, 6.45) is 0. The number of hydrogen-bond acceptors (Lipinski definition) is 4. The molecule has 0 spiro atoms. The first-order chi connectivity index (χ1) is 8.59. The molecule has 0 bridgehead atoms. The molecule has 2 heterocycles. The number of nitrogens with zero attached hydrogens (tertiary/aromatic N) is 2. The van der Waals surface area contributed by atoms with Crippen molar-refractivity contribution in [3.63, 3.8) is 0 Å². The van der Waals surface area contributed by atoms with Crippen LogP contribution in [0.1, 0.15) is 25.5 Å². The van der Waals surface area contributed by atoms with Gasteiger partial charge < -0.3 is 10.6 Å². The summed E-state index contributed by atoms with van der Waals surface area (Å²) in [5.41, 5.74) is 7.43. The number of amides is 1. The van der Waals surface area contributed by atoms with Gasteiger partial charge in [0.15, 0.2) is 0 Å². The smallest absolute Gasteiger partial charge is 0.219 e. The van der Waals surface area contributed by atoms with Gasteiger partial charge in [-0.25, -0.2) is 0 Å². The van der Waals surface area contributed by atoms with Crippen molar-refractivity contribution in [2.45, 2.75) is 25.9 Å². The number of piperazine rings is 1. The van der Waals surface area contributed by atoms with Crippen LogP contribution in [0, 0.1) is 0 Å². The zero-order valence-electron chi connectivity index (χ0n) is 11.0.